The topological polar surface area (TPSA) is 75.8 Å². The summed E-state index contributed by atoms with van der Waals surface area (Å²) in [6, 6.07) is 3.09. The summed E-state index contributed by atoms with van der Waals surface area (Å²) in [5, 5.41) is 21.1. The molecule has 0 saturated carbocycles. The average molecular weight is 306 g/mol. The number of benzene rings is 1. The van der Waals surface area contributed by atoms with Crippen molar-refractivity contribution in [2.75, 3.05) is 13.1 Å². The minimum Gasteiger partial charge on any atom is -0.502 e. The molecule has 0 aromatic heterocycles. The first-order valence-corrected chi connectivity index (χ1v) is 7.30. The Morgan fingerprint density at radius 2 is 2.00 bits per heavy atom. The van der Waals surface area contributed by atoms with Gasteiger partial charge in [0.1, 0.15) is 5.60 Å². The Balaban J connectivity index is 2.18. The predicted molar refractivity (Wildman–Crippen MR) is 83.7 cm³/mol. The van der Waals surface area contributed by atoms with Crippen molar-refractivity contribution >= 4 is 5.69 Å². The molecule has 0 amide bonds. The summed E-state index contributed by atoms with van der Waals surface area (Å²) in [6.07, 6.45) is 1.21. The van der Waals surface area contributed by atoms with Crippen molar-refractivity contribution in [3.63, 3.8) is 0 Å². The van der Waals surface area contributed by atoms with E-state index in [2.05, 4.69) is 6.58 Å². The first kappa shape index (κ1) is 16.1. The molecule has 0 bridgehead atoms. The second-order valence-electron chi connectivity index (χ2n) is 6.42. The molecule has 2 rings (SSSR count). The molecule has 0 fully saturated rings. The number of fused-ring (bicyclic) bond motifs is 1. The maximum Gasteiger partial charge on any atom is 0.311 e. The highest BCUT2D eigenvalue weighted by Crippen LogP contribution is 2.34. The van der Waals surface area contributed by atoms with Gasteiger partial charge in [0.15, 0.2) is 11.6 Å². The molecule has 120 valence electrons. The van der Waals surface area contributed by atoms with Crippen LogP contribution in [-0.4, -0.2) is 33.6 Å². The first-order chi connectivity index (χ1) is 10.2. The fraction of sp³-hybridized carbons (Fsp3) is 0.500. The normalized spacial score (nSPS) is 15.0. The fourth-order valence-corrected chi connectivity index (χ4v) is 2.61. The van der Waals surface area contributed by atoms with Gasteiger partial charge in [0.25, 0.3) is 0 Å². The van der Waals surface area contributed by atoms with Gasteiger partial charge >= 0.3 is 5.69 Å². The Kier molecular flexibility index (Phi) is 4.30. The summed E-state index contributed by atoms with van der Waals surface area (Å²) in [5.41, 5.74) is 1.03. The Bertz CT molecular complexity index is 605. The second-order valence-corrected chi connectivity index (χ2v) is 6.42. The number of ether oxygens (including phenoxy) is 1. The third kappa shape index (κ3) is 3.50. The van der Waals surface area contributed by atoms with Crippen LogP contribution in [0.15, 0.2) is 24.6 Å². The molecule has 0 atom stereocenters. The minimum atomic E-state index is -0.556. The van der Waals surface area contributed by atoms with Crippen LogP contribution in [0.4, 0.5) is 5.69 Å². The van der Waals surface area contributed by atoms with Gasteiger partial charge in [0.2, 0.25) is 0 Å². The van der Waals surface area contributed by atoms with Crippen molar-refractivity contribution in [1.29, 1.82) is 0 Å². The molecule has 1 N–H and O–H groups in total. The molecule has 6 nitrogen and oxygen atoms in total. The Labute approximate surface area is 130 Å². The number of nitrogens with zero attached hydrogens (tertiary/aromatic N) is 2. The molecule has 22 heavy (non-hydrogen) atoms. The number of hydrogen-bond donors (Lipinski definition) is 1. The van der Waals surface area contributed by atoms with E-state index in [0.717, 1.165) is 5.56 Å². The van der Waals surface area contributed by atoms with E-state index in [9.17, 15) is 15.2 Å². The van der Waals surface area contributed by atoms with E-state index in [0.29, 0.717) is 37.4 Å². The fourth-order valence-electron chi connectivity index (χ4n) is 2.61. The Morgan fingerprint density at radius 1 is 1.36 bits per heavy atom. The van der Waals surface area contributed by atoms with Crippen molar-refractivity contribution in [2.24, 2.45) is 0 Å². The van der Waals surface area contributed by atoms with Crippen LogP contribution in [0.3, 0.4) is 0 Å². The quantitative estimate of drug-likeness (QED) is 0.528. The number of nitro benzene ring substituents is 1. The summed E-state index contributed by atoms with van der Waals surface area (Å²) in [4.78, 5) is 12.4. The summed E-state index contributed by atoms with van der Waals surface area (Å²) in [7, 11) is 0. The molecule has 1 aromatic carbocycles. The van der Waals surface area contributed by atoms with E-state index in [4.69, 9.17) is 4.74 Å². The van der Waals surface area contributed by atoms with Crippen molar-refractivity contribution in [1.82, 2.24) is 4.90 Å². The standard InChI is InChI=1S/C16H22N2O4/c1-11(22-16(2,3)4)17-9-7-12-5-6-14(18(20)21)15(19)13(12)8-10-17/h5-6,19H,1,7-10H2,2-4H3. The third-order valence-corrected chi connectivity index (χ3v) is 3.61. The number of phenolic OH excluding ortho intramolecular Hbond substituents is 1. The number of phenols is 1. The van der Waals surface area contributed by atoms with E-state index in [1.807, 2.05) is 25.7 Å². The number of rotatable bonds is 3. The number of hydrogen-bond acceptors (Lipinski definition) is 5. The zero-order chi connectivity index (χ0) is 16.5. The van der Waals surface area contributed by atoms with E-state index in [-0.39, 0.29) is 17.0 Å². The van der Waals surface area contributed by atoms with Gasteiger partial charge in [-0.3, -0.25) is 10.1 Å². The lowest BCUT2D eigenvalue weighted by Gasteiger charge is -2.30. The molecule has 0 spiro atoms. The molecular formula is C16H22N2O4. The van der Waals surface area contributed by atoms with Crippen molar-refractivity contribution in [2.45, 2.75) is 39.2 Å². The molecule has 0 saturated heterocycles. The monoisotopic (exact) mass is 306 g/mol. The van der Waals surface area contributed by atoms with Gasteiger partial charge < -0.3 is 14.7 Å². The summed E-state index contributed by atoms with van der Waals surface area (Å²) < 4.78 is 5.78. The molecular weight excluding hydrogens is 284 g/mol. The van der Waals surface area contributed by atoms with Crippen LogP contribution in [0, 0.1) is 10.1 Å². The van der Waals surface area contributed by atoms with Gasteiger partial charge in [0, 0.05) is 24.7 Å². The highest BCUT2D eigenvalue weighted by molar-refractivity contribution is 5.54. The molecule has 0 radical (unpaired) electrons. The van der Waals surface area contributed by atoms with Gasteiger partial charge in [-0.25, -0.2) is 0 Å². The highest BCUT2D eigenvalue weighted by Gasteiger charge is 2.25. The van der Waals surface area contributed by atoms with Crippen LogP contribution >= 0.6 is 0 Å². The SMILES string of the molecule is C=C(OC(C)(C)C)N1CCc2ccc([N+](=O)[O-])c(O)c2CC1. The summed E-state index contributed by atoms with van der Waals surface area (Å²) in [6.45, 7) is 11.2. The molecule has 1 aromatic rings. The van der Waals surface area contributed by atoms with Crippen LogP contribution in [0.2, 0.25) is 0 Å². The van der Waals surface area contributed by atoms with Gasteiger partial charge in [0.05, 0.1) is 4.92 Å². The maximum absolute atomic E-state index is 10.9. The Hall–Kier alpha value is -2.24. The van der Waals surface area contributed by atoms with Crippen molar-refractivity contribution in [3.05, 3.63) is 45.8 Å². The lowest BCUT2D eigenvalue weighted by Crippen LogP contribution is -2.31. The smallest absolute Gasteiger partial charge is 0.311 e. The Morgan fingerprint density at radius 3 is 2.59 bits per heavy atom. The zero-order valence-corrected chi connectivity index (χ0v) is 13.3. The van der Waals surface area contributed by atoms with Gasteiger partial charge in [-0.1, -0.05) is 6.07 Å². The molecule has 1 heterocycles. The zero-order valence-electron chi connectivity index (χ0n) is 13.3. The number of nitro groups is 1. The second kappa shape index (κ2) is 5.87. The average Bonchev–Trinajstić information content (AvgIpc) is 2.59. The first-order valence-electron chi connectivity index (χ1n) is 7.30. The van der Waals surface area contributed by atoms with Crippen LogP contribution in [0.5, 0.6) is 5.75 Å². The minimum absolute atomic E-state index is 0.216. The van der Waals surface area contributed by atoms with E-state index in [1.54, 1.807) is 6.07 Å². The number of aromatic hydroxyl groups is 1. The largest absolute Gasteiger partial charge is 0.502 e. The van der Waals surface area contributed by atoms with E-state index in [1.165, 1.54) is 6.07 Å². The summed E-state index contributed by atoms with van der Waals surface area (Å²) in [5.74, 6) is 0.376. The maximum atomic E-state index is 10.9. The van der Waals surface area contributed by atoms with Crippen LogP contribution in [0.25, 0.3) is 0 Å². The predicted octanol–water partition coefficient (Wildman–Crippen LogP) is 2.99. The van der Waals surface area contributed by atoms with Gasteiger partial charge in [-0.05, 0) is 45.8 Å². The third-order valence-electron chi connectivity index (χ3n) is 3.61. The van der Waals surface area contributed by atoms with Crippen molar-refractivity contribution in [3.8, 4) is 5.75 Å². The molecule has 0 aliphatic carbocycles. The molecule has 1 aliphatic heterocycles. The van der Waals surface area contributed by atoms with E-state index < -0.39 is 4.92 Å². The van der Waals surface area contributed by atoms with E-state index >= 15 is 0 Å². The summed E-state index contributed by atoms with van der Waals surface area (Å²) >= 11 is 0. The molecule has 0 unspecified atom stereocenters. The lowest BCUT2D eigenvalue weighted by atomic mass is 10.0. The highest BCUT2D eigenvalue weighted by atomic mass is 16.6. The molecule has 6 heteroatoms. The van der Waals surface area contributed by atoms with Crippen LogP contribution in [-0.2, 0) is 17.6 Å². The van der Waals surface area contributed by atoms with Crippen LogP contribution in [0.1, 0.15) is 31.9 Å². The van der Waals surface area contributed by atoms with Gasteiger partial charge in [-0.2, -0.15) is 0 Å². The lowest BCUT2D eigenvalue weighted by molar-refractivity contribution is -0.385. The van der Waals surface area contributed by atoms with Gasteiger partial charge in [-0.15, -0.1) is 0 Å². The van der Waals surface area contributed by atoms with Crippen LogP contribution < -0.4 is 0 Å². The van der Waals surface area contributed by atoms with Crippen molar-refractivity contribution < 1.29 is 14.8 Å². The molecule has 1 aliphatic rings.